The molecule has 33 heavy (non-hydrogen) atoms. The van der Waals surface area contributed by atoms with Gasteiger partial charge in [-0.3, -0.25) is 14.3 Å². The van der Waals surface area contributed by atoms with Gasteiger partial charge < -0.3 is 5.73 Å². The predicted molar refractivity (Wildman–Crippen MR) is 115 cm³/mol. The summed E-state index contributed by atoms with van der Waals surface area (Å²) < 4.78 is 30.8. The lowest BCUT2D eigenvalue weighted by molar-refractivity contribution is 0.100. The summed E-state index contributed by atoms with van der Waals surface area (Å²) in [7, 11) is 0. The second kappa shape index (κ2) is 7.42. The highest BCUT2D eigenvalue weighted by atomic mass is 19.1. The van der Waals surface area contributed by atoms with E-state index >= 15 is 0 Å². The number of hydrogen-bond acceptors (Lipinski definition) is 6. The number of pyridine rings is 1. The Labute approximate surface area is 185 Å². The Morgan fingerprint density at radius 2 is 1.79 bits per heavy atom. The Balaban J connectivity index is 1.89. The molecule has 1 amide bonds. The quantitative estimate of drug-likeness (QED) is 0.456. The molecule has 3 heterocycles. The van der Waals surface area contributed by atoms with E-state index in [4.69, 9.17) is 11.0 Å². The molecule has 0 saturated heterocycles. The van der Waals surface area contributed by atoms with Gasteiger partial charge in [0, 0.05) is 18.0 Å². The van der Waals surface area contributed by atoms with Gasteiger partial charge >= 0.3 is 0 Å². The van der Waals surface area contributed by atoms with Crippen LogP contribution in [0.25, 0.3) is 38.9 Å². The summed E-state index contributed by atoms with van der Waals surface area (Å²) in [4.78, 5) is 28.8. The Hall–Kier alpha value is -4.78. The number of nitrogens with zero attached hydrogens (tertiary/aromatic N) is 6. The van der Waals surface area contributed by atoms with Crippen molar-refractivity contribution in [2.45, 2.75) is 6.92 Å². The summed E-state index contributed by atoms with van der Waals surface area (Å²) in [5.74, 6) is -1.68. The predicted octanol–water partition coefficient (Wildman–Crippen LogP) is 3.59. The summed E-state index contributed by atoms with van der Waals surface area (Å²) in [5, 5.41) is 9.11. The average Bonchev–Trinajstić information content (AvgIpc) is 3.15. The smallest absolute Gasteiger partial charge is 0.250 e. The number of halogens is 2. The number of amides is 1. The molecule has 0 spiro atoms. The largest absolute Gasteiger partial charge is 0.366 e. The number of nitriles is 1. The van der Waals surface area contributed by atoms with Crippen LogP contribution < -0.4 is 5.73 Å². The standard InChI is InChI=1S/C23H13F2N7O/c1-11-30-21-13(23(27)33)8-12(16-4-6-28-19(10-26)31-16)9-18(21)32(11)17-5-7-29-22-15(25)3-2-14(24)20(17)22/h2-9H,1H3,(H2,27,33). The summed E-state index contributed by atoms with van der Waals surface area (Å²) in [6, 6.07) is 10.2. The van der Waals surface area contributed by atoms with E-state index in [2.05, 4.69) is 19.9 Å². The lowest BCUT2D eigenvalue weighted by Crippen LogP contribution is -2.12. The van der Waals surface area contributed by atoms with Crippen molar-refractivity contribution in [3.63, 3.8) is 0 Å². The summed E-state index contributed by atoms with van der Waals surface area (Å²) in [5.41, 5.74) is 7.48. The second-order valence-corrected chi connectivity index (χ2v) is 7.21. The van der Waals surface area contributed by atoms with Gasteiger partial charge in [0.05, 0.1) is 27.8 Å². The van der Waals surface area contributed by atoms with Gasteiger partial charge in [0.15, 0.2) is 0 Å². The Morgan fingerprint density at radius 3 is 2.55 bits per heavy atom. The first-order valence-electron chi connectivity index (χ1n) is 9.68. The maximum absolute atomic E-state index is 14.8. The molecule has 0 radical (unpaired) electrons. The van der Waals surface area contributed by atoms with Crippen molar-refractivity contribution >= 4 is 27.8 Å². The Kier molecular flexibility index (Phi) is 4.53. The van der Waals surface area contributed by atoms with E-state index in [9.17, 15) is 13.6 Å². The number of primary amides is 1. The molecule has 5 aromatic rings. The number of aryl methyl sites for hydroxylation is 1. The summed E-state index contributed by atoms with van der Waals surface area (Å²) in [6.45, 7) is 1.67. The third-order valence-electron chi connectivity index (χ3n) is 5.26. The number of hydrogen-bond donors (Lipinski definition) is 1. The van der Waals surface area contributed by atoms with Crippen molar-refractivity contribution in [1.82, 2.24) is 24.5 Å². The van der Waals surface area contributed by atoms with Crippen molar-refractivity contribution in [3.05, 3.63) is 77.6 Å². The first-order valence-corrected chi connectivity index (χ1v) is 9.68. The van der Waals surface area contributed by atoms with Gasteiger partial charge in [0.25, 0.3) is 5.91 Å². The molecule has 0 unspecified atom stereocenters. The van der Waals surface area contributed by atoms with Gasteiger partial charge in [-0.25, -0.2) is 23.7 Å². The minimum atomic E-state index is -0.724. The number of benzene rings is 2. The summed E-state index contributed by atoms with van der Waals surface area (Å²) in [6.07, 6.45) is 2.79. The molecule has 5 rings (SSSR count). The molecule has 0 fully saturated rings. The van der Waals surface area contributed by atoms with Crippen LogP contribution in [-0.2, 0) is 0 Å². The number of rotatable bonds is 3. The molecule has 0 bridgehead atoms. The fourth-order valence-electron chi connectivity index (χ4n) is 3.87. The topological polar surface area (TPSA) is 123 Å². The van der Waals surface area contributed by atoms with Crippen LogP contribution >= 0.6 is 0 Å². The normalized spacial score (nSPS) is 11.1. The first-order chi connectivity index (χ1) is 15.9. The van der Waals surface area contributed by atoms with Crippen LogP contribution in [0, 0.1) is 29.9 Å². The van der Waals surface area contributed by atoms with E-state index in [1.807, 2.05) is 6.07 Å². The minimum absolute atomic E-state index is 0.0280. The Morgan fingerprint density at radius 1 is 1.03 bits per heavy atom. The van der Waals surface area contributed by atoms with Crippen LogP contribution in [0.15, 0.2) is 48.8 Å². The molecule has 2 aromatic carbocycles. The van der Waals surface area contributed by atoms with Crippen LogP contribution in [0.4, 0.5) is 8.78 Å². The van der Waals surface area contributed by atoms with Crippen molar-refractivity contribution in [2.75, 3.05) is 0 Å². The molecule has 0 aliphatic rings. The van der Waals surface area contributed by atoms with E-state index in [0.717, 1.165) is 12.1 Å². The zero-order valence-electron chi connectivity index (χ0n) is 17.0. The van der Waals surface area contributed by atoms with E-state index in [0.29, 0.717) is 33.8 Å². The van der Waals surface area contributed by atoms with Crippen molar-refractivity contribution in [2.24, 2.45) is 5.73 Å². The molecule has 0 saturated carbocycles. The SMILES string of the molecule is Cc1nc2c(C(N)=O)cc(-c3ccnc(C#N)n3)cc2n1-c1ccnc2c(F)ccc(F)c12. The fraction of sp³-hybridized carbons (Fsp3) is 0.0435. The molecule has 160 valence electrons. The molecule has 0 aliphatic carbocycles. The molecule has 3 aromatic heterocycles. The van der Waals surface area contributed by atoms with Crippen molar-refractivity contribution in [1.29, 1.82) is 5.26 Å². The molecule has 10 heteroatoms. The maximum Gasteiger partial charge on any atom is 0.250 e. The number of carbonyl (C=O) groups excluding carboxylic acids is 1. The van der Waals surface area contributed by atoms with Crippen LogP contribution in [0.1, 0.15) is 22.0 Å². The highest BCUT2D eigenvalue weighted by Crippen LogP contribution is 2.33. The number of carbonyl (C=O) groups is 1. The first kappa shape index (κ1) is 20.1. The minimum Gasteiger partial charge on any atom is -0.366 e. The lowest BCUT2D eigenvalue weighted by Gasteiger charge is -2.12. The van der Waals surface area contributed by atoms with E-state index in [1.165, 1.54) is 24.5 Å². The van der Waals surface area contributed by atoms with Gasteiger partial charge in [0.2, 0.25) is 5.82 Å². The van der Waals surface area contributed by atoms with Crippen LogP contribution in [-0.4, -0.2) is 30.4 Å². The number of aromatic nitrogens is 5. The molecule has 8 nitrogen and oxygen atoms in total. The van der Waals surface area contributed by atoms with Crippen molar-refractivity contribution in [3.8, 4) is 23.0 Å². The highest BCUT2D eigenvalue weighted by molar-refractivity contribution is 6.06. The summed E-state index contributed by atoms with van der Waals surface area (Å²) >= 11 is 0. The molecule has 0 atom stereocenters. The zero-order chi connectivity index (χ0) is 23.3. The monoisotopic (exact) mass is 441 g/mol. The van der Waals surface area contributed by atoms with Crippen LogP contribution in [0.3, 0.4) is 0 Å². The molecular weight excluding hydrogens is 428 g/mol. The maximum atomic E-state index is 14.8. The van der Waals surface area contributed by atoms with Gasteiger partial charge in [-0.05, 0) is 43.3 Å². The molecule has 2 N–H and O–H groups in total. The lowest BCUT2D eigenvalue weighted by atomic mass is 10.0. The van der Waals surface area contributed by atoms with Gasteiger partial charge in [-0.15, -0.1) is 0 Å². The van der Waals surface area contributed by atoms with Gasteiger partial charge in [-0.1, -0.05) is 0 Å². The van der Waals surface area contributed by atoms with Crippen LogP contribution in [0.2, 0.25) is 0 Å². The van der Waals surface area contributed by atoms with Crippen LogP contribution in [0.5, 0.6) is 0 Å². The van der Waals surface area contributed by atoms with Gasteiger partial charge in [0.1, 0.15) is 34.6 Å². The fourth-order valence-corrected chi connectivity index (χ4v) is 3.87. The third-order valence-corrected chi connectivity index (χ3v) is 5.26. The number of fused-ring (bicyclic) bond motifs is 2. The van der Waals surface area contributed by atoms with Crippen molar-refractivity contribution < 1.29 is 13.6 Å². The molecule has 0 aliphatic heterocycles. The second-order valence-electron chi connectivity index (χ2n) is 7.21. The third kappa shape index (κ3) is 3.14. The Bertz CT molecular complexity index is 1650. The van der Waals surface area contributed by atoms with E-state index in [1.54, 1.807) is 23.6 Å². The number of nitrogens with two attached hydrogens (primary N) is 1. The van der Waals surface area contributed by atoms with E-state index in [-0.39, 0.29) is 22.3 Å². The highest BCUT2D eigenvalue weighted by Gasteiger charge is 2.21. The zero-order valence-corrected chi connectivity index (χ0v) is 17.0. The van der Waals surface area contributed by atoms with Gasteiger partial charge in [-0.2, -0.15) is 5.26 Å². The number of imidazole rings is 1. The average molecular weight is 441 g/mol. The molecular formula is C23H13F2N7O. The van der Waals surface area contributed by atoms with E-state index < -0.39 is 17.5 Å².